The van der Waals surface area contributed by atoms with Crippen molar-refractivity contribution >= 4 is 17.6 Å². The number of amides is 1. The zero-order valence-electron chi connectivity index (χ0n) is 19.6. The molecule has 4 rings (SSSR count). The van der Waals surface area contributed by atoms with Crippen LogP contribution in [0.1, 0.15) is 41.5 Å². The number of esters is 1. The molecular weight excluding hydrogens is 444 g/mol. The molecule has 1 unspecified atom stereocenters. The lowest BCUT2D eigenvalue weighted by Gasteiger charge is -2.35. The summed E-state index contributed by atoms with van der Waals surface area (Å²) >= 11 is 0. The highest BCUT2D eigenvalue weighted by Gasteiger charge is 2.37. The van der Waals surface area contributed by atoms with E-state index in [1.54, 1.807) is 24.0 Å². The number of nitro benzene ring substituents is 1. The molecule has 3 aromatic carbocycles. The molecule has 7 heteroatoms. The summed E-state index contributed by atoms with van der Waals surface area (Å²) in [5, 5.41) is 11.0. The molecule has 3 aromatic rings. The van der Waals surface area contributed by atoms with Gasteiger partial charge in [0.25, 0.3) is 5.69 Å². The van der Waals surface area contributed by atoms with Crippen molar-refractivity contribution in [3.05, 3.63) is 123 Å². The zero-order valence-corrected chi connectivity index (χ0v) is 19.6. The average Bonchev–Trinajstić information content (AvgIpc) is 2.86. The fraction of sp³-hybridized carbons (Fsp3) is 0.214. The highest BCUT2D eigenvalue weighted by atomic mass is 16.6. The lowest BCUT2D eigenvalue weighted by molar-refractivity contribution is -0.384. The molecular formula is C28H26N2O5. The molecule has 1 aliphatic rings. The van der Waals surface area contributed by atoms with Crippen LogP contribution >= 0.6 is 0 Å². The predicted octanol–water partition coefficient (Wildman–Crippen LogP) is 5.44. The van der Waals surface area contributed by atoms with Gasteiger partial charge >= 0.3 is 5.97 Å². The highest BCUT2D eigenvalue weighted by molar-refractivity contribution is 5.96. The molecule has 0 fully saturated rings. The van der Waals surface area contributed by atoms with Crippen molar-refractivity contribution in [2.45, 2.75) is 39.3 Å². The smallest absolute Gasteiger partial charge is 0.336 e. The van der Waals surface area contributed by atoms with Crippen molar-refractivity contribution < 1.29 is 19.2 Å². The van der Waals surface area contributed by atoms with Crippen LogP contribution in [-0.2, 0) is 27.5 Å². The third-order valence-electron chi connectivity index (χ3n) is 6.31. The number of carbonyl (C=O) groups excluding carboxylic acids is 2. The predicted molar refractivity (Wildman–Crippen MR) is 131 cm³/mol. The van der Waals surface area contributed by atoms with Crippen LogP contribution in [0.5, 0.6) is 0 Å². The summed E-state index contributed by atoms with van der Waals surface area (Å²) < 4.78 is 5.70. The van der Waals surface area contributed by atoms with Gasteiger partial charge in [-0.3, -0.25) is 14.9 Å². The molecule has 0 saturated heterocycles. The van der Waals surface area contributed by atoms with Gasteiger partial charge in [-0.05, 0) is 36.1 Å². The summed E-state index contributed by atoms with van der Waals surface area (Å²) in [6.45, 7) is 4.06. The quantitative estimate of drug-likeness (QED) is 0.261. The van der Waals surface area contributed by atoms with Crippen LogP contribution in [0, 0.1) is 17.0 Å². The molecule has 1 amide bonds. The second kappa shape index (κ2) is 10.3. The van der Waals surface area contributed by atoms with Gasteiger partial charge in [-0.2, -0.15) is 0 Å². The molecule has 0 radical (unpaired) electrons. The van der Waals surface area contributed by atoms with E-state index in [0.717, 1.165) is 22.3 Å². The minimum atomic E-state index is -0.464. The average molecular weight is 471 g/mol. The molecule has 0 bridgehead atoms. The number of non-ortho nitro benzene ring substituents is 1. The minimum absolute atomic E-state index is 0.0178. The second-order valence-electron chi connectivity index (χ2n) is 8.58. The van der Waals surface area contributed by atoms with E-state index in [4.69, 9.17) is 4.74 Å². The molecule has 0 aromatic heterocycles. The first-order valence-electron chi connectivity index (χ1n) is 11.4. The maximum atomic E-state index is 13.4. The fourth-order valence-corrected chi connectivity index (χ4v) is 4.42. The standard InChI is InChI=1S/C28H26N2O5/c1-19-8-6-7-11-24(19)25-16-26(31)29(17-21-12-14-23(15-13-21)30(33)34)20(2)27(25)28(32)35-18-22-9-4-3-5-10-22/h3-15,25H,16-18H2,1-2H3. The molecule has 0 N–H and O–H groups in total. The van der Waals surface area contributed by atoms with Gasteiger partial charge in [-0.25, -0.2) is 4.79 Å². The number of carbonyl (C=O) groups is 2. The fourth-order valence-electron chi connectivity index (χ4n) is 4.42. The van der Waals surface area contributed by atoms with Crippen LogP contribution in [0.4, 0.5) is 5.69 Å². The molecule has 0 spiro atoms. The van der Waals surface area contributed by atoms with Crippen molar-refractivity contribution in [2.75, 3.05) is 0 Å². The van der Waals surface area contributed by atoms with E-state index in [9.17, 15) is 19.7 Å². The topological polar surface area (TPSA) is 89.8 Å². The van der Waals surface area contributed by atoms with Crippen LogP contribution in [0.2, 0.25) is 0 Å². The van der Waals surface area contributed by atoms with Gasteiger partial charge in [-0.15, -0.1) is 0 Å². The van der Waals surface area contributed by atoms with Crippen molar-refractivity contribution in [2.24, 2.45) is 0 Å². The largest absolute Gasteiger partial charge is 0.457 e. The van der Waals surface area contributed by atoms with Gasteiger partial charge in [0, 0.05) is 30.2 Å². The third-order valence-corrected chi connectivity index (χ3v) is 6.31. The number of hydrogen-bond donors (Lipinski definition) is 0. The molecule has 178 valence electrons. The third kappa shape index (κ3) is 5.30. The Morgan fingerprint density at radius 1 is 0.971 bits per heavy atom. The van der Waals surface area contributed by atoms with E-state index in [-0.39, 0.29) is 31.2 Å². The van der Waals surface area contributed by atoms with E-state index in [1.165, 1.54) is 12.1 Å². The molecule has 0 saturated carbocycles. The maximum absolute atomic E-state index is 13.4. The number of ether oxygens (including phenoxy) is 1. The lowest BCUT2D eigenvalue weighted by atomic mass is 9.81. The Balaban J connectivity index is 1.68. The summed E-state index contributed by atoms with van der Waals surface area (Å²) in [5.41, 5.74) is 4.49. The Kier molecular flexibility index (Phi) is 7.06. The summed E-state index contributed by atoms with van der Waals surface area (Å²) in [4.78, 5) is 38.7. The second-order valence-corrected chi connectivity index (χ2v) is 8.58. The highest BCUT2D eigenvalue weighted by Crippen LogP contribution is 2.39. The number of allylic oxidation sites excluding steroid dienone is 1. The van der Waals surface area contributed by atoms with Crippen LogP contribution < -0.4 is 0 Å². The van der Waals surface area contributed by atoms with Crippen LogP contribution in [-0.4, -0.2) is 21.7 Å². The maximum Gasteiger partial charge on any atom is 0.336 e. The van der Waals surface area contributed by atoms with Crippen molar-refractivity contribution in [3.63, 3.8) is 0 Å². The summed E-state index contributed by atoms with van der Waals surface area (Å²) in [6, 6.07) is 23.2. The normalized spacial score (nSPS) is 15.8. The van der Waals surface area contributed by atoms with Crippen molar-refractivity contribution in [3.8, 4) is 0 Å². The SMILES string of the molecule is CC1=C(C(=O)OCc2ccccc2)C(c2ccccc2C)CC(=O)N1Cc1ccc([N+](=O)[O-])cc1. The monoisotopic (exact) mass is 470 g/mol. The van der Waals surface area contributed by atoms with E-state index in [0.29, 0.717) is 11.3 Å². The number of nitrogens with zero attached hydrogens (tertiary/aromatic N) is 2. The van der Waals surface area contributed by atoms with Gasteiger partial charge in [0.1, 0.15) is 6.61 Å². The Labute approximate surface area is 203 Å². The van der Waals surface area contributed by atoms with Gasteiger partial charge < -0.3 is 9.64 Å². The number of rotatable bonds is 7. The molecule has 1 aliphatic heterocycles. The van der Waals surface area contributed by atoms with Crippen LogP contribution in [0.25, 0.3) is 0 Å². The minimum Gasteiger partial charge on any atom is -0.457 e. The van der Waals surface area contributed by atoms with E-state index in [1.807, 2.05) is 61.5 Å². The number of hydrogen-bond acceptors (Lipinski definition) is 5. The Bertz CT molecular complexity index is 1280. The van der Waals surface area contributed by atoms with E-state index in [2.05, 4.69) is 0 Å². The van der Waals surface area contributed by atoms with Crippen molar-refractivity contribution in [1.29, 1.82) is 0 Å². The van der Waals surface area contributed by atoms with E-state index < -0.39 is 16.8 Å². The first-order valence-corrected chi connectivity index (χ1v) is 11.4. The Morgan fingerprint density at radius 3 is 2.29 bits per heavy atom. The Hall–Kier alpha value is -4.26. The number of benzene rings is 3. The summed E-state index contributed by atoms with van der Waals surface area (Å²) in [5.74, 6) is -0.991. The van der Waals surface area contributed by atoms with Gasteiger partial charge in [0.15, 0.2) is 0 Å². The van der Waals surface area contributed by atoms with Gasteiger partial charge in [0.05, 0.1) is 17.0 Å². The van der Waals surface area contributed by atoms with Crippen LogP contribution in [0.15, 0.2) is 90.1 Å². The first-order chi connectivity index (χ1) is 16.8. The summed E-state index contributed by atoms with van der Waals surface area (Å²) in [6.07, 6.45) is 0.130. The number of aryl methyl sites for hydroxylation is 1. The van der Waals surface area contributed by atoms with Gasteiger partial charge in [0.2, 0.25) is 5.91 Å². The lowest BCUT2D eigenvalue weighted by Crippen LogP contribution is -2.38. The van der Waals surface area contributed by atoms with Gasteiger partial charge in [-0.1, -0.05) is 66.7 Å². The molecule has 1 atom stereocenters. The molecule has 7 nitrogen and oxygen atoms in total. The summed E-state index contributed by atoms with van der Waals surface area (Å²) in [7, 11) is 0. The zero-order chi connectivity index (χ0) is 24.9. The number of nitro groups is 1. The molecule has 1 heterocycles. The molecule has 35 heavy (non-hydrogen) atoms. The molecule has 0 aliphatic carbocycles. The van der Waals surface area contributed by atoms with Crippen molar-refractivity contribution in [1.82, 2.24) is 4.90 Å². The van der Waals surface area contributed by atoms with E-state index >= 15 is 0 Å². The first kappa shape index (κ1) is 23.9. The van der Waals surface area contributed by atoms with Crippen LogP contribution in [0.3, 0.4) is 0 Å². The Morgan fingerprint density at radius 2 is 1.63 bits per heavy atom.